The van der Waals surface area contributed by atoms with E-state index in [-0.39, 0.29) is 12.2 Å². The van der Waals surface area contributed by atoms with E-state index in [1.54, 1.807) is 6.07 Å². The van der Waals surface area contributed by atoms with Crippen molar-refractivity contribution < 1.29 is 19.4 Å². The summed E-state index contributed by atoms with van der Waals surface area (Å²) in [5.41, 5.74) is 1.31. The molecular weight excluding hydrogens is 272 g/mol. The van der Waals surface area contributed by atoms with Gasteiger partial charge in [0.05, 0.1) is 17.7 Å². The van der Waals surface area contributed by atoms with Crippen LogP contribution in [0.25, 0.3) is 0 Å². The summed E-state index contributed by atoms with van der Waals surface area (Å²) in [6, 6.07) is 5.42. The molecule has 0 radical (unpaired) electrons. The van der Waals surface area contributed by atoms with Gasteiger partial charge in [0, 0.05) is 26.2 Å². The Bertz CT molecular complexity index is 579. The minimum atomic E-state index is -1.10. The largest absolute Gasteiger partial charge is 0.478 e. The van der Waals surface area contributed by atoms with Gasteiger partial charge in [-0.3, -0.25) is 4.79 Å². The third-order valence-corrected chi connectivity index (χ3v) is 4.04. The van der Waals surface area contributed by atoms with Gasteiger partial charge in [0.25, 0.3) is 0 Å². The van der Waals surface area contributed by atoms with Crippen molar-refractivity contribution in [3.8, 4) is 5.75 Å². The normalized spacial score (nSPS) is 22.6. The van der Waals surface area contributed by atoms with Crippen molar-refractivity contribution in [1.82, 2.24) is 4.90 Å². The molecule has 1 saturated heterocycles. The fourth-order valence-electron chi connectivity index (χ4n) is 2.76. The molecule has 0 aliphatic carbocycles. The Morgan fingerprint density at radius 3 is 2.67 bits per heavy atom. The molecule has 0 amide bonds. The predicted octanol–water partition coefficient (Wildman–Crippen LogP) is 0.857. The summed E-state index contributed by atoms with van der Waals surface area (Å²) in [7, 11) is 2.07. The molecule has 1 aromatic carbocycles. The Balaban J connectivity index is 1.95. The molecule has 2 aliphatic heterocycles. The number of ether oxygens (including phenoxy) is 1. The lowest BCUT2D eigenvalue weighted by molar-refractivity contribution is -0.145. The Morgan fingerprint density at radius 2 is 2.00 bits per heavy atom. The third kappa shape index (κ3) is 2.58. The maximum Gasteiger partial charge on any atom is 0.345 e. The highest BCUT2D eigenvalue weighted by atomic mass is 16.5. The molecule has 1 aromatic rings. The summed E-state index contributed by atoms with van der Waals surface area (Å²) in [5.74, 6) is -0.840. The molecule has 21 heavy (non-hydrogen) atoms. The average Bonchev–Trinajstić information content (AvgIpc) is 2.47. The molecule has 1 N–H and O–H groups in total. The number of carboxylic acids is 1. The number of anilines is 1. The van der Waals surface area contributed by atoms with Crippen LogP contribution >= 0.6 is 0 Å². The number of carbonyl (C=O) groups is 2. The maximum atomic E-state index is 12.1. The summed E-state index contributed by atoms with van der Waals surface area (Å²) >= 11 is 0. The molecule has 6 heteroatoms. The number of likely N-dealkylation sites (N-methyl/N-ethyl adjacent to an activating group) is 1. The van der Waals surface area contributed by atoms with Crippen molar-refractivity contribution in [3.05, 3.63) is 23.8 Å². The van der Waals surface area contributed by atoms with Gasteiger partial charge in [-0.2, -0.15) is 0 Å². The maximum absolute atomic E-state index is 12.1. The highest BCUT2D eigenvalue weighted by molar-refractivity contribution is 6.04. The predicted molar refractivity (Wildman–Crippen MR) is 77.2 cm³/mol. The monoisotopic (exact) mass is 290 g/mol. The number of aliphatic carboxylic acids is 1. The van der Waals surface area contributed by atoms with Crippen LogP contribution < -0.4 is 9.64 Å². The lowest BCUT2D eigenvalue weighted by Crippen LogP contribution is -2.45. The molecule has 1 unspecified atom stereocenters. The number of carbonyl (C=O) groups excluding carboxylic acids is 1. The van der Waals surface area contributed by atoms with Crippen molar-refractivity contribution in [2.24, 2.45) is 0 Å². The van der Waals surface area contributed by atoms with Crippen molar-refractivity contribution in [2.75, 3.05) is 38.1 Å². The van der Waals surface area contributed by atoms with Gasteiger partial charge in [0.2, 0.25) is 6.10 Å². The van der Waals surface area contributed by atoms with Crippen LogP contribution in [0.15, 0.2) is 18.2 Å². The van der Waals surface area contributed by atoms with Crippen molar-refractivity contribution >= 4 is 17.4 Å². The second kappa shape index (κ2) is 5.37. The van der Waals surface area contributed by atoms with Gasteiger partial charge in [-0.1, -0.05) is 6.07 Å². The van der Waals surface area contributed by atoms with Crippen LogP contribution in [0.2, 0.25) is 0 Å². The minimum absolute atomic E-state index is 0.103. The summed E-state index contributed by atoms with van der Waals surface area (Å²) in [5, 5.41) is 9.12. The Hall–Kier alpha value is -2.08. The quantitative estimate of drug-likeness (QED) is 0.871. The number of rotatable bonds is 2. The molecule has 1 atom stereocenters. The van der Waals surface area contributed by atoms with Crippen molar-refractivity contribution in [2.45, 2.75) is 12.5 Å². The number of carboxylic acid groups (broad SMARTS) is 1. The van der Waals surface area contributed by atoms with Crippen LogP contribution in [0, 0.1) is 0 Å². The molecule has 0 spiro atoms. The number of hydrogen-bond acceptors (Lipinski definition) is 5. The van der Waals surface area contributed by atoms with E-state index < -0.39 is 12.1 Å². The molecule has 6 nitrogen and oxygen atoms in total. The van der Waals surface area contributed by atoms with Crippen LogP contribution in [0.3, 0.4) is 0 Å². The molecule has 3 rings (SSSR count). The van der Waals surface area contributed by atoms with Gasteiger partial charge in [-0.25, -0.2) is 4.79 Å². The van der Waals surface area contributed by atoms with Gasteiger partial charge >= 0.3 is 5.97 Å². The summed E-state index contributed by atoms with van der Waals surface area (Å²) in [4.78, 5) is 27.6. The number of piperazine rings is 1. The van der Waals surface area contributed by atoms with E-state index in [2.05, 4.69) is 16.8 Å². The van der Waals surface area contributed by atoms with Crippen LogP contribution in [-0.4, -0.2) is 61.1 Å². The standard InChI is InChI=1S/C15H18N2O4/c1-16-5-7-17(8-6-16)11-4-2-3-10-12(18)9-13(15(19)20)21-14(10)11/h2-4,13H,5-9H2,1H3,(H,19,20). The van der Waals surface area contributed by atoms with Crippen molar-refractivity contribution in [3.63, 3.8) is 0 Å². The van der Waals surface area contributed by atoms with Gasteiger partial charge in [-0.05, 0) is 19.2 Å². The van der Waals surface area contributed by atoms with Crippen LogP contribution in [0.5, 0.6) is 5.75 Å². The fraction of sp³-hybridized carbons (Fsp3) is 0.467. The molecule has 0 saturated carbocycles. The number of hydrogen-bond donors (Lipinski definition) is 1. The Labute approximate surface area is 122 Å². The highest BCUT2D eigenvalue weighted by Crippen LogP contribution is 2.37. The van der Waals surface area contributed by atoms with E-state index in [4.69, 9.17) is 9.84 Å². The van der Waals surface area contributed by atoms with Gasteiger partial charge in [0.1, 0.15) is 0 Å². The summed E-state index contributed by atoms with van der Waals surface area (Å²) in [6.45, 7) is 3.53. The number of nitrogens with zero attached hydrogens (tertiary/aromatic N) is 2. The second-order valence-corrected chi connectivity index (χ2v) is 5.52. The summed E-state index contributed by atoms with van der Waals surface area (Å²) < 4.78 is 5.60. The van der Waals surface area contributed by atoms with Gasteiger partial charge < -0.3 is 19.6 Å². The van der Waals surface area contributed by atoms with Gasteiger partial charge in [-0.15, -0.1) is 0 Å². The van der Waals surface area contributed by atoms with E-state index in [1.165, 1.54) is 0 Å². The number of para-hydroxylation sites is 1. The zero-order chi connectivity index (χ0) is 15.0. The highest BCUT2D eigenvalue weighted by Gasteiger charge is 2.34. The molecule has 0 bridgehead atoms. The van der Waals surface area contributed by atoms with E-state index >= 15 is 0 Å². The second-order valence-electron chi connectivity index (χ2n) is 5.52. The molecule has 2 aliphatic rings. The molecule has 1 fully saturated rings. The first-order valence-corrected chi connectivity index (χ1v) is 7.05. The smallest absolute Gasteiger partial charge is 0.345 e. The van der Waals surface area contributed by atoms with Gasteiger partial charge in [0.15, 0.2) is 11.5 Å². The van der Waals surface area contributed by atoms with Crippen molar-refractivity contribution in [1.29, 1.82) is 0 Å². The van der Waals surface area contributed by atoms with E-state index in [1.807, 2.05) is 12.1 Å². The number of benzene rings is 1. The fourth-order valence-corrected chi connectivity index (χ4v) is 2.76. The lowest BCUT2D eigenvalue weighted by Gasteiger charge is -2.36. The topological polar surface area (TPSA) is 70.1 Å². The Morgan fingerprint density at radius 1 is 1.29 bits per heavy atom. The van der Waals surface area contributed by atoms with E-state index in [0.717, 1.165) is 31.9 Å². The molecule has 112 valence electrons. The molecular formula is C15H18N2O4. The zero-order valence-corrected chi connectivity index (χ0v) is 11.9. The minimum Gasteiger partial charge on any atom is -0.478 e. The third-order valence-electron chi connectivity index (χ3n) is 4.04. The molecule has 0 aromatic heterocycles. The number of fused-ring (bicyclic) bond motifs is 1. The summed E-state index contributed by atoms with van der Waals surface area (Å²) in [6.07, 6.45) is -1.19. The number of ketones is 1. The Kier molecular flexibility index (Phi) is 3.55. The number of Topliss-reactive ketones (excluding diaryl/α,β-unsaturated/α-hetero) is 1. The van der Waals surface area contributed by atoms with E-state index in [9.17, 15) is 9.59 Å². The van der Waals surface area contributed by atoms with Crippen LogP contribution in [0.1, 0.15) is 16.8 Å². The van der Waals surface area contributed by atoms with Crippen LogP contribution in [0.4, 0.5) is 5.69 Å². The molecule has 2 heterocycles. The first-order valence-electron chi connectivity index (χ1n) is 7.05. The lowest BCUT2D eigenvalue weighted by atomic mass is 9.99. The zero-order valence-electron chi connectivity index (χ0n) is 11.9. The SMILES string of the molecule is CN1CCN(c2cccc3c2OC(C(=O)O)CC3=O)CC1. The first-order chi connectivity index (χ1) is 10.1. The van der Waals surface area contributed by atoms with Crippen LogP contribution in [-0.2, 0) is 4.79 Å². The average molecular weight is 290 g/mol. The first kappa shape index (κ1) is 13.9. The van der Waals surface area contributed by atoms with E-state index in [0.29, 0.717) is 11.3 Å².